The predicted octanol–water partition coefficient (Wildman–Crippen LogP) is 2.26. The monoisotopic (exact) mass is 305 g/mol. The van der Waals surface area contributed by atoms with E-state index >= 15 is 0 Å². The van der Waals surface area contributed by atoms with Gasteiger partial charge in [-0.2, -0.15) is 0 Å². The molecule has 1 amide bonds. The van der Waals surface area contributed by atoms with Gasteiger partial charge in [0.2, 0.25) is 5.91 Å². The largest absolute Gasteiger partial charge is 0.493 e. The number of likely N-dealkylation sites (tertiary alicyclic amines) is 1. The standard InChI is InChI=1S/C17H23NO4/c1-2-21-17(20)14-7-6-11-18(13-14)16(19)10-12-22-15-8-4-3-5-9-15/h3-5,8-9,14H,2,6-7,10-13H2,1H3. The fourth-order valence-corrected chi connectivity index (χ4v) is 2.59. The number of carbonyl (C=O) groups is 2. The molecule has 0 N–H and O–H groups in total. The highest BCUT2D eigenvalue weighted by Crippen LogP contribution is 2.19. The van der Waals surface area contributed by atoms with Crippen LogP contribution in [0.15, 0.2) is 30.3 Å². The van der Waals surface area contributed by atoms with E-state index in [1.807, 2.05) is 30.3 Å². The summed E-state index contributed by atoms with van der Waals surface area (Å²) in [5, 5.41) is 0. The lowest BCUT2D eigenvalue weighted by atomic mass is 9.98. The highest BCUT2D eigenvalue weighted by Gasteiger charge is 2.29. The zero-order valence-electron chi connectivity index (χ0n) is 13.0. The van der Waals surface area contributed by atoms with E-state index in [1.165, 1.54) is 0 Å². The van der Waals surface area contributed by atoms with Gasteiger partial charge in [0.05, 0.1) is 25.6 Å². The first kappa shape index (κ1) is 16.3. The van der Waals surface area contributed by atoms with Gasteiger partial charge in [-0.15, -0.1) is 0 Å². The third-order valence-corrected chi connectivity index (χ3v) is 3.72. The summed E-state index contributed by atoms with van der Waals surface area (Å²) in [6.45, 7) is 3.70. The summed E-state index contributed by atoms with van der Waals surface area (Å²) in [6.07, 6.45) is 1.96. The van der Waals surface area contributed by atoms with Gasteiger partial charge in [0.1, 0.15) is 5.75 Å². The van der Waals surface area contributed by atoms with Crippen molar-refractivity contribution in [2.24, 2.45) is 5.92 Å². The fraction of sp³-hybridized carbons (Fsp3) is 0.529. The van der Waals surface area contributed by atoms with Crippen LogP contribution < -0.4 is 4.74 Å². The molecular weight excluding hydrogens is 282 g/mol. The molecule has 22 heavy (non-hydrogen) atoms. The van der Waals surface area contributed by atoms with Crippen LogP contribution in [0.1, 0.15) is 26.2 Å². The molecule has 1 saturated heterocycles. The van der Waals surface area contributed by atoms with Crippen molar-refractivity contribution in [3.05, 3.63) is 30.3 Å². The summed E-state index contributed by atoms with van der Waals surface area (Å²) in [7, 11) is 0. The van der Waals surface area contributed by atoms with Crippen LogP contribution in [0.2, 0.25) is 0 Å². The van der Waals surface area contributed by atoms with Crippen LogP contribution in [0.4, 0.5) is 0 Å². The summed E-state index contributed by atoms with van der Waals surface area (Å²) in [5.41, 5.74) is 0. The Hall–Kier alpha value is -2.04. The first-order valence-electron chi connectivity index (χ1n) is 7.83. The molecule has 0 aromatic heterocycles. The number of ether oxygens (including phenoxy) is 2. The minimum absolute atomic E-state index is 0.0323. The summed E-state index contributed by atoms with van der Waals surface area (Å²) in [4.78, 5) is 25.7. The molecule has 2 rings (SSSR count). The topological polar surface area (TPSA) is 55.8 Å². The molecule has 0 spiro atoms. The molecule has 1 aliphatic heterocycles. The second-order valence-corrected chi connectivity index (χ2v) is 5.34. The molecule has 5 nitrogen and oxygen atoms in total. The molecule has 0 saturated carbocycles. The Bertz CT molecular complexity index is 489. The maximum atomic E-state index is 12.2. The van der Waals surface area contributed by atoms with Crippen LogP contribution in [0.5, 0.6) is 5.75 Å². The molecule has 1 heterocycles. The number of rotatable bonds is 6. The summed E-state index contributed by atoms with van der Waals surface area (Å²) in [6, 6.07) is 9.43. The van der Waals surface area contributed by atoms with E-state index in [9.17, 15) is 9.59 Å². The SMILES string of the molecule is CCOC(=O)C1CCCN(C(=O)CCOc2ccccc2)C1. The molecule has 0 bridgehead atoms. The van der Waals surface area contributed by atoms with Crippen molar-refractivity contribution in [1.29, 1.82) is 0 Å². The lowest BCUT2D eigenvalue weighted by molar-refractivity contribution is -0.151. The maximum absolute atomic E-state index is 12.2. The van der Waals surface area contributed by atoms with Gasteiger partial charge in [-0.1, -0.05) is 18.2 Å². The molecule has 1 fully saturated rings. The molecule has 1 aliphatic rings. The van der Waals surface area contributed by atoms with E-state index in [1.54, 1.807) is 11.8 Å². The summed E-state index contributed by atoms with van der Waals surface area (Å²) >= 11 is 0. The Balaban J connectivity index is 1.75. The number of piperidine rings is 1. The maximum Gasteiger partial charge on any atom is 0.310 e. The Morgan fingerprint density at radius 2 is 2.05 bits per heavy atom. The first-order valence-corrected chi connectivity index (χ1v) is 7.83. The highest BCUT2D eigenvalue weighted by atomic mass is 16.5. The molecule has 1 aromatic carbocycles. The zero-order valence-corrected chi connectivity index (χ0v) is 13.0. The number of hydrogen-bond donors (Lipinski definition) is 0. The van der Waals surface area contributed by atoms with Crippen molar-refractivity contribution in [1.82, 2.24) is 4.90 Å². The second-order valence-electron chi connectivity index (χ2n) is 5.34. The van der Waals surface area contributed by atoms with Gasteiger partial charge >= 0.3 is 5.97 Å². The van der Waals surface area contributed by atoms with E-state index in [0.29, 0.717) is 32.7 Å². The third-order valence-electron chi connectivity index (χ3n) is 3.72. The van der Waals surface area contributed by atoms with Crippen LogP contribution in [0.25, 0.3) is 0 Å². The van der Waals surface area contributed by atoms with Gasteiger partial charge in [-0.05, 0) is 31.9 Å². The average molecular weight is 305 g/mol. The van der Waals surface area contributed by atoms with Crippen LogP contribution in [0, 0.1) is 5.92 Å². The highest BCUT2D eigenvalue weighted by molar-refractivity contribution is 5.78. The van der Waals surface area contributed by atoms with Crippen LogP contribution in [0.3, 0.4) is 0 Å². The zero-order chi connectivity index (χ0) is 15.8. The number of esters is 1. The van der Waals surface area contributed by atoms with E-state index in [0.717, 1.165) is 18.6 Å². The van der Waals surface area contributed by atoms with Crippen molar-refractivity contribution in [2.45, 2.75) is 26.2 Å². The van der Waals surface area contributed by atoms with Crippen LogP contribution >= 0.6 is 0 Å². The van der Waals surface area contributed by atoms with Gasteiger partial charge in [0, 0.05) is 13.1 Å². The summed E-state index contributed by atoms with van der Waals surface area (Å²) in [5.74, 6) is 0.413. The van der Waals surface area contributed by atoms with Gasteiger partial charge in [-0.3, -0.25) is 9.59 Å². The van der Waals surface area contributed by atoms with Gasteiger partial charge in [0.25, 0.3) is 0 Å². The number of benzene rings is 1. The second kappa shape index (κ2) is 8.41. The molecule has 5 heteroatoms. The third kappa shape index (κ3) is 4.76. The number of carbonyl (C=O) groups excluding carboxylic acids is 2. The van der Waals surface area contributed by atoms with Crippen molar-refractivity contribution in [3.63, 3.8) is 0 Å². The van der Waals surface area contributed by atoms with Crippen molar-refractivity contribution in [2.75, 3.05) is 26.3 Å². The number of amides is 1. The average Bonchev–Trinajstić information content (AvgIpc) is 2.56. The number of nitrogens with zero attached hydrogens (tertiary/aromatic N) is 1. The van der Waals surface area contributed by atoms with E-state index in [2.05, 4.69) is 0 Å². The van der Waals surface area contributed by atoms with Gasteiger partial charge < -0.3 is 14.4 Å². The molecule has 120 valence electrons. The Kier molecular flexibility index (Phi) is 6.25. The predicted molar refractivity (Wildman–Crippen MR) is 82.5 cm³/mol. The van der Waals surface area contributed by atoms with E-state index < -0.39 is 0 Å². The van der Waals surface area contributed by atoms with Crippen molar-refractivity contribution >= 4 is 11.9 Å². The molecule has 0 aliphatic carbocycles. The van der Waals surface area contributed by atoms with Gasteiger partial charge in [-0.25, -0.2) is 0 Å². The molecule has 0 radical (unpaired) electrons. The van der Waals surface area contributed by atoms with Crippen LogP contribution in [-0.4, -0.2) is 43.1 Å². The Labute approximate surface area is 131 Å². The normalized spacial score (nSPS) is 17.9. The van der Waals surface area contributed by atoms with Crippen LogP contribution in [-0.2, 0) is 14.3 Å². The lowest BCUT2D eigenvalue weighted by Crippen LogP contribution is -2.43. The first-order chi connectivity index (χ1) is 10.7. The summed E-state index contributed by atoms with van der Waals surface area (Å²) < 4.78 is 10.6. The quantitative estimate of drug-likeness (QED) is 0.757. The number of para-hydroxylation sites is 1. The smallest absolute Gasteiger partial charge is 0.310 e. The molecule has 1 aromatic rings. The Morgan fingerprint density at radius 1 is 1.27 bits per heavy atom. The number of hydrogen-bond acceptors (Lipinski definition) is 4. The lowest BCUT2D eigenvalue weighted by Gasteiger charge is -2.31. The van der Waals surface area contributed by atoms with E-state index in [-0.39, 0.29) is 17.8 Å². The minimum Gasteiger partial charge on any atom is -0.493 e. The Morgan fingerprint density at radius 3 is 2.77 bits per heavy atom. The van der Waals surface area contributed by atoms with Crippen molar-refractivity contribution in [3.8, 4) is 5.75 Å². The van der Waals surface area contributed by atoms with Gasteiger partial charge in [0.15, 0.2) is 0 Å². The molecule has 1 atom stereocenters. The fourth-order valence-electron chi connectivity index (χ4n) is 2.59. The van der Waals surface area contributed by atoms with E-state index in [4.69, 9.17) is 9.47 Å². The molecule has 1 unspecified atom stereocenters. The minimum atomic E-state index is -0.194. The van der Waals surface area contributed by atoms with Crippen molar-refractivity contribution < 1.29 is 19.1 Å². The molecular formula is C17H23NO4.